The molecule has 0 aliphatic heterocycles. The third-order valence-corrected chi connectivity index (χ3v) is 4.84. The number of aromatic nitrogens is 6. The molecule has 9 nitrogen and oxygen atoms in total. The lowest BCUT2D eigenvalue weighted by Crippen LogP contribution is -2.28. The van der Waals surface area contributed by atoms with Crippen LogP contribution in [-0.2, 0) is 22.6 Å². The van der Waals surface area contributed by atoms with Crippen molar-refractivity contribution in [2.45, 2.75) is 25.6 Å². The van der Waals surface area contributed by atoms with Crippen molar-refractivity contribution in [3.8, 4) is 0 Å². The van der Waals surface area contributed by atoms with Crippen molar-refractivity contribution in [1.82, 2.24) is 35.1 Å². The van der Waals surface area contributed by atoms with Crippen molar-refractivity contribution in [2.24, 2.45) is 0 Å². The number of rotatable bonds is 9. The zero-order chi connectivity index (χ0) is 19.9. The van der Waals surface area contributed by atoms with Gasteiger partial charge in [-0.3, -0.25) is 4.79 Å². The van der Waals surface area contributed by atoms with Crippen LogP contribution in [0, 0.1) is 0 Å². The van der Waals surface area contributed by atoms with E-state index in [-0.39, 0.29) is 12.6 Å². The highest BCUT2D eigenvalue weighted by atomic mass is 35.5. The third-order valence-electron chi connectivity index (χ3n) is 4.10. The number of aryl methyl sites for hydroxylation is 1. The molecule has 0 saturated heterocycles. The maximum atomic E-state index is 11.7. The van der Waals surface area contributed by atoms with Crippen LogP contribution in [0.5, 0.6) is 0 Å². The second-order valence-electron chi connectivity index (χ2n) is 5.99. The summed E-state index contributed by atoms with van der Waals surface area (Å²) in [6.45, 7) is 1.40. The molecule has 1 N–H and O–H groups in total. The first kappa shape index (κ1) is 20.2. The van der Waals surface area contributed by atoms with Gasteiger partial charge in [0.25, 0.3) is 0 Å². The Labute approximate surface area is 171 Å². The predicted octanol–water partition coefficient (Wildman–Crippen LogP) is 2.12. The van der Waals surface area contributed by atoms with Crippen LogP contribution in [0.15, 0.2) is 36.9 Å². The minimum Gasteiger partial charge on any atom is -0.468 e. The van der Waals surface area contributed by atoms with E-state index in [9.17, 15) is 4.79 Å². The highest BCUT2D eigenvalue weighted by Crippen LogP contribution is 2.28. The zero-order valence-corrected chi connectivity index (χ0v) is 16.6. The topological polar surface area (TPSA) is 99.8 Å². The molecule has 0 bridgehead atoms. The van der Waals surface area contributed by atoms with Gasteiger partial charge in [0.15, 0.2) is 5.82 Å². The second-order valence-corrected chi connectivity index (χ2v) is 6.80. The molecule has 148 valence electrons. The Morgan fingerprint density at radius 1 is 1.32 bits per heavy atom. The highest BCUT2D eigenvalue weighted by molar-refractivity contribution is 6.42. The summed E-state index contributed by atoms with van der Waals surface area (Å²) in [4.78, 5) is 15.7. The summed E-state index contributed by atoms with van der Waals surface area (Å²) in [5.41, 5.74) is 0.831. The first-order valence-electron chi connectivity index (χ1n) is 8.55. The van der Waals surface area contributed by atoms with Gasteiger partial charge >= 0.3 is 5.97 Å². The molecule has 1 atom stereocenters. The molecule has 0 amide bonds. The van der Waals surface area contributed by atoms with E-state index in [1.165, 1.54) is 11.8 Å². The van der Waals surface area contributed by atoms with E-state index < -0.39 is 5.97 Å². The standard InChI is InChI=1S/C17H19Cl2N7O2/c1-28-15(27)10-26-17(22-23-24-26)16(12-3-4-13(18)14(19)9-12)21-5-2-7-25-8-6-20-11-25/h3-4,6,8-9,11,16,21H,2,5,7,10H2,1H3. The van der Waals surface area contributed by atoms with Gasteiger partial charge < -0.3 is 14.6 Å². The smallest absolute Gasteiger partial charge is 0.327 e. The van der Waals surface area contributed by atoms with Gasteiger partial charge in [-0.2, -0.15) is 0 Å². The summed E-state index contributed by atoms with van der Waals surface area (Å²) < 4.78 is 8.12. The van der Waals surface area contributed by atoms with E-state index in [2.05, 4.69) is 25.8 Å². The van der Waals surface area contributed by atoms with E-state index in [0.717, 1.165) is 18.5 Å². The van der Waals surface area contributed by atoms with Crippen LogP contribution < -0.4 is 5.32 Å². The average molecular weight is 424 g/mol. The Bertz CT molecular complexity index is 914. The molecule has 0 fully saturated rings. The number of hydrogen-bond acceptors (Lipinski definition) is 7. The lowest BCUT2D eigenvalue weighted by molar-refractivity contribution is -0.141. The molecule has 1 aromatic carbocycles. The fourth-order valence-corrected chi connectivity index (χ4v) is 3.00. The first-order valence-corrected chi connectivity index (χ1v) is 9.31. The Hall–Kier alpha value is -2.49. The molecule has 3 rings (SSSR count). The number of carbonyl (C=O) groups excluding carboxylic acids is 1. The van der Waals surface area contributed by atoms with Crippen molar-refractivity contribution in [3.05, 3.63) is 58.4 Å². The molecular weight excluding hydrogens is 405 g/mol. The van der Waals surface area contributed by atoms with Crippen LogP contribution in [0.4, 0.5) is 0 Å². The van der Waals surface area contributed by atoms with Crippen molar-refractivity contribution in [3.63, 3.8) is 0 Å². The van der Waals surface area contributed by atoms with Crippen LogP contribution in [0.3, 0.4) is 0 Å². The summed E-state index contributed by atoms with van der Waals surface area (Å²) in [6, 6.07) is 4.94. The molecule has 1 unspecified atom stereocenters. The molecule has 3 aromatic rings. The third kappa shape index (κ3) is 5.06. The summed E-state index contributed by atoms with van der Waals surface area (Å²) in [6.07, 6.45) is 6.28. The predicted molar refractivity (Wildman–Crippen MR) is 103 cm³/mol. The van der Waals surface area contributed by atoms with E-state index in [4.69, 9.17) is 27.9 Å². The quantitative estimate of drug-likeness (QED) is 0.415. The number of benzene rings is 1. The van der Waals surface area contributed by atoms with Crippen molar-refractivity contribution >= 4 is 29.2 Å². The summed E-state index contributed by atoms with van der Waals surface area (Å²) in [5, 5.41) is 16.0. The number of esters is 1. The number of imidazole rings is 1. The van der Waals surface area contributed by atoms with E-state index >= 15 is 0 Å². The van der Waals surface area contributed by atoms with E-state index in [1.54, 1.807) is 24.7 Å². The largest absolute Gasteiger partial charge is 0.468 e. The van der Waals surface area contributed by atoms with Gasteiger partial charge in [0.05, 0.1) is 29.5 Å². The van der Waals surface area contributed by atoms with Gasteiger partial charge in [0, 0.05) is 18.9 Å². The minimum atomic E-state index is -0.443. The molecule has 0 aliphatic rings. The number of halogens is 2. The number of ether oxygens (including phenoxy) is 1. The number of nitrogens with zero attached hydrogens (tertiary/aromatic N) is 6. The van der Waals surface area contributed by atoms with Gasteiger partial charge in [-0.25, -0.2) is 9.67 Å². The van der Waals surface area contributed by atoms with Gasteiger partial charge in [-0.15, -0.1) is 5.10 Å². The van der Waals surface area contributed by atoms with Crippen molar-refractivity contribution < 1.29 is 9.53 Å². The maximum absolute atomic E-state index is 11.7. The zero-order valence-electron chi connectivity index (χ0n) is 15.1. The Kier molecular flexibility index (Phi) is 6.96. The SMILES string of the molecule is COC(=O)Cn1nnnc1C(NCCCn1ccnc1)c1ccc(Cl)c(Cl)c1. The monoisotopic (exact) mass is 423 g/mol. The van der Waals surface area contributed by atoms with E-state index in [1.807, 2.05) is 16.8 Å². The molecule has 0 aliphatic carbocycles. The second kappa shape index (κ2) is 9.63. The van der Waals surface area contributed by atoms with Gasteiger partial charge in [-0.05, 0) is 41.1 Å². The highest BCUT2D eigenvalue weighted by Gasteiger charge is 2.23. The van der Waals surface area contributed by atoms with Crippen molar-refractivity contribution in [1.29, 1.82) is 0 Å². The number of methoxy groups -OCH3 is 1. The van der Waals surface area contributed by atoms with Gasteiger partial charge in [0.1, 0.15) is 6.54 Å². The number of tetrazole rings is 1. The lowest BCUT2D eigenvalue weighted by Gasteiger charge is -2.19. The normalized spacial score (nSPS) is 12.1. The van der Waals surface area contributed by atoms with Crippen LogP contribution in [0.25, 0.3) is 0 Å². The molecule has 28 heavy (non-hydrogen) atoms. The molecule has 0 radical (unpaired) electrons. The van der Waals surface area contributed by atoms with Crippen LogP contribution in [-0.4, -0.2) is 49.4 Å². The molecule has 0 saturated carbocycles. The fraction of sp³-hybridized carbons (Fsp3) is 0.353. The maximum Gasteiger partial charge on any atom is 0.327 e. The molecule has 11 heteroatoms. The van der Waals surface area contributed by atoms with Crippen LogP contribution >= 0.6 is 23.2 Å². The molecule has 0 spiro atoms. The molecule has 2 aromatic heterocycles. The minimum absolute atomic E-state index is 0.0899. The van der Waals surface area contributed by atoms with Gasteiger partial charge in [0.2, 0.25) is 0 Å². The average Bonchev–Trinajstić information content (AvgIpc) is 3.36. The molecular formula is C17H19Cl2N7O2. The number of hydrogen-bond donors (Lipinski definition) is 1. The first-order chi connectivity index (χ1) is 13.6. The Balaban J connectivity index is 1.79. The van der Waals surface area contributed by atoms with Crippen LogP contribution in [0.1, 0.15) is 23.9 Å². The van der Waals surface area contributed by atoms with Gasteiger partial charge in [-0.1, -0.05) is 29.3 Å². The molecule has 2 heterocycles. The van der Waals surface area contributed by atoms with Crippen molar-refractivity contribution in [2.75, 3.05) is 13.7 Å². The Morgan fingerprint density at radius 2 is 2.18 bits per heavy atom. The fourth-order valence-electron chi connectivity index (χ4n) is 2.69. The Morgan fingerprint density at radius 3 is 2.89 bits per heavy atom. The number of nitrogens with one attached hydrogen (secondary N) is 1. The summed E-state index contributed by atoms with van der Waals surface area (Å²) >= 11 is 12.2. The summed E-state index contributed by atoms with van der Waals surface area (Å²) in [7, 11) is 1.32. The lowest BCUT2D eigenvalue weighted by atomic mass is 10.1. The van der Waals surface area contributed by atoms with Crippen LogP contribution in [0.2, 0.25) is 10.0 Å². The summed E-state index contributed by atoms with van der Waals surface area (Å²) in [5.74, 6) is 0.0352. The van der Waals surface area contributed by atoms with E-state index in [0.29, 0.717) is 22.4 Å². The number of carbonyl (C=O) groups is 1.